The van der Waals surface area contributed by atoms with Crippen LogP contribution in [-0.4, -0.2) is 43.3 Å². The summed E-state index contributed by atoms with van der Waals surface area (Å²) in [4.78, 5) is 13.5. The van der Waals surface area contributed by atoms with Crippen molar-refractivity contribution in [2.24, 2.45) is 5.92 Å². The molecule has 2 fully saturated rings. The maximum absolute atomic E-state index is 11.2. The Balaban J connectivity index is 1.68. The molecule has 0 spiro atoms. The zero-order valence-corrected chi connectivity index (χ0v) is 7.95. The molecule has 1 atom stereocenters. The lowest BCUT2D eigenvalue weighted by Crippen LogP contribution is -2.64. The number of likely N-dealkylation sites (tertiary alicyclic amines) is 1. The second kappa shape index (κ2) is 3.64. The topological polar surface area (TPSA) is 41.6 Å². The highest BCUT2D eigenvalue weighted by Crippen LogP contribution is 2.22. The van der Waals surface area contributed by atoms with E-state index >= 15 is 0 Å². The first-order chi connectivity index (χ1) is 6.31. The summed E-state index contributed by atoms with van der Waals surface area (Å²) in [5.74, 6) is 0.0976. The first-order valence-electron chi connectivity index (χ1n) is 4.95. The summed E-state index contributed by atoms with van der Waals surface area (Å²) in [6.07, 6.45) is 1.75. The second-order valence-corrected chi connectivity index (χ2v) is 3.66. The maximum Gasteiger partial charge on any atom is 0.311 e. The van der Waals surface area contributed by atoms with Crippen LogP contribution < -0.4 is 5.32 Å². The number of nitrogens with one attached hydrogen (secondary N) is 1. The highest BCUT2D eigenvalue weighted by Gasteiger charge is 2.39. The third-order valence-corrected chi connectivity index (χ3v) is 2.77. The van der Waals surface area contributed by atoms with Gasteiger partial charge in [-0.15, -0.1) is 0 Å². The van der Waals surface area contributed by atoms with Gasteiger partial charge in [-0.25, -0.2) is 0 Å². The fourth-order valence-electron chi connectivity index (χ4n) is 1.76. The first kappa shape index (κ1) is 8.97. The normalized spacial score (nSPS) is 29.2. The van der Waals surface area contributed by atoms with Gasteiger partial charge in [0, 0.05) is 13.1 Å². The lowest BCUT2D eigenvalue weighted by molar-refractivity contribution is -0.156. The molecule has 2 heterocycles. The molecule has 0 aromatic carbocycles. The van der Waals surface area contributed by atoms with E-state index in [4.69, 9.17) is 4.74 Å². The van der Waals surface area contributed by atoms with Gasteiger partial charge in [0.2, 0.25) is 0 Å². The molecule has 74 valence electrons. The van der Waals surface area contributed by atoms with Gasteiger partial charge in [-0.05, 0) is 19.9 Å². The molecule has 0 aromatic heterocycles. The smallest absolute Gasteiger partial charge is 0.311 e. The van der Waals surface area contributed by atoms with E-state index in [2.05, 4.69) is 10.2 Å². The Morgan fingerprint density at radius 3 is 2.77 bits per heavy atom. The van der Waals surface area contributed by atoms with Gasteiger partial charge in [0.25, 0.3) is 0 Å². The fraction of sp³-hybridized carbons (Fsp3) is 0.889. The summed E-state index contributed by atoms with van der Waals surface area (Å²) in [6.45, 7) is 5.21. The molecule has 4 nitrogen and oxygen atoms in total. The molecule has 1 N–H and O–H groups in total. The van der Waals surface area contributed by atoms with Crippen LogP contribution in [0.3, 0.4) is 0 Å². The van der Waals surface area contributed by atoms with Crippen LogP contribution in [0.25, 0.3) is 0 Å². The molecular formula is C9H16N2O2. The van der Waals surface area contributed by atoms with E-state index in [0.29, 0.717) is 12.8 Å². The first-order valence-corrected chi connectivity index (χ1v) is 4.95. The molecule has 4 heteroatoms. The third-order valence-electron chi connectivity index (χ3n) is 2.77. The Labute approximate surface area is 78.2 Å². The molecular weight excluding hydrogens is 168 g/mol. The van der Waals surface area contributed by atoms with Gasteiger partial charge in [0.1, 0.15) is 0 Å². The molecule has 0 saturated carbocycles. The Morgan fingerprint density at radius 2 is 2.31 bits per heavy atom. The average molecular weight is 184 g/mol. The van der Waals surface area contributed by atoms with Crippen molar-refractivity contribution in [1.82, 2.24) is 10.2 Å². The Hall–Kier alpha value is -0.610. The molecule has 2 aliphatic heterocycles. The van der Waals surface area contributed by atoms with Crippen molar-refractivity contribution in [2.75, 3.05) is 26.2 Å². The monoisotopic (exact) mass is 184 g/mol. The van der Waals surface area contributed by atoms with Gasteiger partial charge in [-0.2, -0.15) is 0 Å². The van der Waals surface area contributed by atoms with Crippen molar-refractivity contribution >= 4 is 5.97 Å². The summed E-state index contributed by atoms with van der Waals surface area (Å²) in [5, 5.41) is 3.31. The number of hydrogen-bond donors (Lipinski definition) is 1. The van der Waals surface area contributed by atoms with Gasteiger partial charge in [-0.1, -0.05) is 0 Å². The summed E-state index contributed by atoms with van der Waals surface area (Å²) in [7, 11) is 0. The average Bonchev–Trinajstić information content (AvgIpc) is 1.91. The molecule has 1 unspecified atom stereocenters. The summed E-state index contributed by atoms with van der Waals surface area (Å²) in [6, 6.07) is 0. The van der Waals surface area contributed by atoms with Crippen LogP contribution >= 0.6 is 0 Å². The van der Waals surface area contributed by atoms with Gasteiger partial charge < -0.3 is 10.1 Å². The van der Waals surface area contributed by atoms with Crippen LogP contribution in [0.1, 0.15) is 13.3 Å². The Bertz CT molecular complexity index is 198. The van der Waals surface area contributed by atoms with Crippen molar-refractivity contribution < 1.29 is 9.53 Å². The highest BCUT2D eigenvalue weighted by atomic mass is 16.5. The minimum absolute atomic E-state index is 0.0296. The highest BCUT2D eigenvalue weighted by molar-refractivity contribution is 5.74. The Morgan fingerprint density at radius 1 is 1.62 bits per heavy atom. The SMILES string of the molecule is CCOC(=O)C1CN(C2CCN2)C1. The molecule has 0 radical (unpaired) electrons. The molecule has 0 aromatic rings. The maximum atomic E-state index is 11.2. The third kappa shape index (κ3) is 1.69. The van der Waals surface area contributed by atoms with Gasteiger partial charge in [-0.3, -0.25) is 9.69 Å². The number of rotatable bonds is 3. The number of esters is 1. The number of nitrogens with zero attached hydrogens (tertiary/aromatic N) is 1. The molecule has 0 amide bonds. The molecule has 0 bridgehead atoms. The summed E-state index contributed by atoms with van der Waals surface area (Å²) >= 11 is 0. The van der Waals surface area contributed by atoms with Crippen LogP contribution in [0.15, 0.2) is 0 Å². The lowest BCUT2D eigenvalue weighted by atomic mass is 9.97. The molecule has 2 aliphatic rings. The van der Waals surface area contributed by atoms with E-state index in [1.165, 1.54) is 6.42 Å². The molecule has 2 rings (SSSR count). The van der Waals surface area contributed by atoms with Crippen LogP contribution in [-0.2, 0) is 9.53 Å². The predicted molar refractivity (Wildman–Crippen MR) is 48.1 cm³/mol. The minimum Gasteiger partial charge on any atom is -0.466 e. The van der Waals surface area contributed by atoms with E-state index in [0.717, 1.165) is 19.6 Å². The lowest BCUT2D eigenvalue weighted by Gasteiger charge is -2.47. The molecule has 0 aliphatic carbocycles. The van der Waals surface area contributed by atoms with Crippen LogP contribution in [0, 0.1) is 5.92 Å². The van der Waals surface area contributed by atoms with E-state index < -0.39 is 0 Å². The number of hydrogen-bond acceptors (Lipinski definition) is 4. The molecule has 2 saturated heterocycles. The van der Waals surface area contributed by atoms with Gasteiger partial charge in [0.05, 0.1) is 18.7 Å². The van der Waals surface area contributed by atoms with E-state index in [1.807, 2.05) is 6.92 Å². The van der Waals surface area contributed by atoms with E-state index in [9.17, 15) is 4.79 Å². The van der Waals surface area contributed by atoms with Crippen LogP contribution in [0.4, 0.5) is 0 Å². The number of carbonyl (C=O) groups is 1. The van der Waals surface area contributed by atoms with Crippen molar-refractivity contribution in [2.45, 2.75) is 19.5 Å². The zero-order valence-electron chi connectivity index (χ0n) is 7.95. The van der Waals surface area contributed by atoms with Crippen molar-refractivity contribution in [3.05, 3.63) is 0 Å². The minimum atomic E-state index is -0.0296. The zero-order chi connectivity index (χ0) is 9.26. The Kier molecular flexibility index (Phi) is 2.51. The van der Waals surface area contributed by atoms with Gasteiger partial charge in [0.15, 0.2) is 0 Å². The quantitative estimate of drug-likeness (QED) is 0.617. The molecule has 13 heavy (non-hydrogen) atoms. The standard InChI is InChI=1S/C9H16N2O2/c1-2-13-9(12)7-5-11(6-7)8-3-4-10-8/h7-8,10H,2-6H2,1H3. The van der Waals surface area contributed by atoms with Crippen molar-refractivity contribution in [3.8, 4) is 0 Å². The van der Waals surface area contributed by atoms with Crippen molar-refractivity contribution in [3.63, 3.8) is 0 Å². The fourth-order valence-corrected chi connectivity index (χ4v) is 1.76. The van der Waals surface area contributed by atoms with Crippen LogP contribution in [0.2, 0.25) is 0 Å². The number of ether oxygens (including phenoxy) is 1. The van der Waals surface area contributed by atoms with Gasteiger partial charge >= 0.3 is 5.97 Å². The summed E-state index contributed by atoms with van der Waals surface area (Å²) < 4.78 is 4.94. The predicted octanol–water partition coefficient (Wildman–Crippen LogP) is -0.199. The second-order valence-electron chi connectivity index (χ2n) is 3.66. The van der Waals surface area contributed by atoms with Crippen LogP contribution in [0.5, 0.6) is 0 Å². The largest absolute Gasteiger partial charge is 0.466 e. The van der Waals surface area contributed by atoms with E-state index in [-0.39, 0.29) is 11.9 Å². The van der Waals surface area contributed by atoms with Crippen molar-refractivity contribution in [1.29, 1.82) is 0 Å². The number of carbonyl (C=O) groups excluding carboxylic acids is 1. The van der Waals surface area contributed by atoms with E-state index in [1.54, 1.807) is 0 Å². The summed E-state index contributed by atoms with van der Waals surface area (Å²) in [5.41, 5.74) is 0.